The zero-order valence-corrected chi connectivity index (χ0v) is 10.5. The molecule has 0 radical (unpaired) electrons. The summed E-state index contributed by atoms with van der Waals surface area (Å²) in [6.45, 7) is 3.55. The first kappa shape index (κ1) is 12.1. The molecule has 0 amide bonds. The highest BCUT2D eigenvalue weighted by molar-refractivity contribution is 8.01. The van der Waals surface area contributed by atoms with Crippen LogP contribution in [-0.4, -0.2) is 18.6 Å². The molecule has 0 saturated heterocycles. The van der Waals surface area contributed by atoms with E-state index in [1.165, 1.54) is 18.3 Å². The Morgan fingerprint density at radius 1 is 1.67 bits per heavy atom. The number of carbonyl (C=O) groups excluding carboxylic acids is 1. The van der Waals surface area contributed by atoms with Gasteiger partial charge in [-0.2, -0.15) is 5.26 Å². The number of anilines is 1. The summed E-state index contributed by atoms with van der Waals surface area (Å²) in [4.78, 5) is 12.0. The van der Waals surface area contributed by atoms with Crippen LogP contribution in [0.4, 0.5) is 5.69 Å². The second kappa shape index (κ2) is 5.19. The monoisotopic (exact) mass is 240 g/mol. The number of thiophene rings is 1. The van der Waals surface area contributed by atoms with Crippen molar-refractivity contribution in [3.05, 3.63) is 10.4 Å². The molecule has 1 rings (SSSR count). The molecular weight excluding hydrogens is 228 g/mol. The van der Waals surface area contributed by atoms with Crippen molar-refractivity contribution in [1.29, 1.82) is 5.26 Å². The fourth-order valence-corrected chi connectivity index (χ4v) is 3.51. The molecule has 5 heteroatoms. The van der Waals surface area contributed by atoms with Gasteiger partial charge in [-0.1, -0.05) is 6.92 Å². The van der Waals surface area contributed by atoms with Crippen molar-refractivity contribution in [2.75, 3.05) is 18.1 Å². The minimum absolute atomic E-state index is 0.00352. The van der Waals surface area contributed by atoms with Crippen LogP contribution in [0, 0.1) is 11.3 Å². The van der Waals surface area contributed by atoms with E-state index in [1.54, 1.807) is 18.8 Å². The third-order valence-electron chi connectivity index (χ3n) is 1.83. The SMILES string of the molecule is CCSc1sc(C(C)=O)c(NC)c1C#N. The Labute approximate surface area is 97.5 Å². The molecule has 0 aromatic carbocycles. The van der Waals surface area contributed by atoms with Gasteiger partial charge in [-0.15, -0.1) is 23.1 Å². The van der Waals surface area contributed by atoms with Crippen LogP contribution < -0.4 is 5.32 Å². The standard InChI is InChI=1S/C10H12N2OS2/c1-4-14-10-7(5-11)8(12-3)9(15-10)6(2)13/h12H,4H2,1-3H3. The third-order valence-corrected chi connectivity index (χ3v) is 4.28. The van der Waals surface area contributed by atoms with Crippen molar-refractivity contribution < 1.29 is 4.79 Å². The van der Waals surface area contributed by atoms with Gasteiger partial charge in [0, 0.05) is 14.0 Å². The Morgan fingerprint density at radius 2 is 2.33 bits per heavy atom. The van der Waals surface area contributed by atoms with Gasteiger partial charge in [-0.25, -0.2) is 0 Å². The molecule has 1 aromatic rings. The number of ketones is 1. The Kier molecular flexibility index (Phi) is 4.18. The zero-order chi connectivity index (χ0) is 11.4. The van der Waals surface area contributed by atoms with E-state index < -0.39 is 0 Å². The highest BCUT2D eigenvalue weighted by Crippen LogP contribution is 2.39. The summed E-state index contributed by atoms with van der Waals surface area (Å²) in [7, 11) is 1.73. The number of rotatable bonds is 4. The van der Waals surface area contributed by atoms with Crippen molar-refractivity contribution in [3.8, 4) is 6.07 Å². The molecule has 3 nitrogen and oxygen atoms in total. The van der Waals surface area contributed by atoms with Crippen LogP contribution >= 0.6 is 23.1 Å². The molecule has 0 aliphatic carbocycles. The average Bonchev–Trinajstić information content (AvgIpc) is 2.56. The van der Waals surface area contributed by atoms with Gasteiger partial charge in [0.15, 0.2) is 5.78 Å². The van der Waals surface area contributed by atoms with Crippen molar-refractivity contribution in [2.24, 2.45) is 0 Å². The van der Waals surface area contributed by atoms with Crippen molar-refractivity contribution in [3.63, 3.8) is 0 Å². The van der Waals surface area contributed by atoms with E-state index in [0.29, 0.717) is 16.1 Å². The molecule has 0 fully saturated rings. The topological polar surface area (TPSA) is 52.9 Å². The van der Waals surface area contributed by atoms with E-state index in [1.807, 2.05) is 6.92 Å². The summed E-state index contributed by atoms with van der Waals surface area (Å²) in [6.07, 6.45) is 0. The fraction of sp³-hybridized carbons (Fsp3) is 0.400. The van der Waals surface area contributed by atoms with E-state index in [0.717, 1.165) is 9.96 Å². The average molecular weight is 240 g/mol. The van der Waals surface area contributed by atoms with Gasteiger partial charge in [0.05, 0.1) is 14.8 Å². The Hall–Kier alpha value is -0.990. The van der Waals surface area contributed by atoms with Gasteiger partial charge in [0.2, 0.25) is 0 Å². The molecule has 0 unspecified atom stereocenters. The first-order valence-corrected chi connectivity index (χ1v) is 6.34. The highest BCUT2D eigenvalue weighted by Gasteiger charge is 2.19. The molecule has 0 aliphatic rings. The van der Waals surface area contributed by atoms with E-state index in [9.17, 15) is 4.79 Å². The lowest BCUT2D eigenvalue weighted by molar-refractivity contribution is 0.102. The first-order valence-electron chi connectivity index (χ1n) is 4.54. The van der Waals surface area contributed by atoms with Gasteiger partial charge in [-0.3, -0.25) is 4.79 Å². The van der Waals surface area contributed by atoms with Gasteiger partial charge < -0.3 is 5.32 Å². The second-order valence-corrected chi connectivity index (χ2v) is 5.37. The molecule has 80 valence electrons. The lowest BCUT2D eigenvalue weighted by Crippen LogP contribution is -1.96. The van der Waals surface area contributed by atoms with Crippen LogP contribution in [0.3, 0.4) is 0 Å². The Bertz CT molecular complexity index is 418. The molecule has 1 N–H and O–H groups in total. The van der Waals surface area contributed by atoms with Crippen LogP contribution in [0.2, 0.25) is 0 Å². The summed E-state index contributed by atoms with van der Waals surface area (Å²) < 4.78 is 0.926. The maximum atomic E-state index is 11.4. The molecule has 0 atom stereocenters. The number of thioether (sulfide) groups is 1. The molecule has 1 heterocycles. The van der Waals surface area contributed by atoms with Crippen molar-refractivity contribution in [1.82, 2.24) is 0 Å². The van der Waals surface area contributed by atoms with E-state index in [2.05, 4.69) is 11.4 Å². The van der Waals surface area contributed by atoms with Crippen LogP contribution in [-0.2, 0) is 0 Å². The zero-order valence-electron chi connectivity index (χ0n) is 8.88. The van der Waals surface area contributed by atoms with Crippen LogP contribution in [0.5, 0.6) is 0 Å². The maximum Gasteiger partial charge on any atom is 0.171 e. The third kappa shape index (κ3) is 2.33. The normalized spacial score (nSPS) is 9.73. The highest BCUT2D eigenvalue weighted by atomic mass is 32.2. The lowest BCUT2D eigenvalue weighted by Gasteiger charge is -1.99. The van der Waals surface area contributed by atoms with Crippen LogP contribution in [0.25, 0.3) is 0 Å². The van der Waals surface area contributed by atoms with Crippen LogP contribution in [0.15, 0.2) is 4.21 Å². The smallest absolute Gasteiger partial charge is 0.171 e. The quantitative estimate of drug-likeness (QED) is 0.649. The van der Waals surface area contributed by atoms with Gasteiger partial charge in [-0.05, 0) is 5.75 Å². The van der Waals surface area contributed by atoms with E-state index >= 15 is 0 Å². The number of nitriles is 1. The number of carbonyl (C=O) groups is 1. The van der Waals surface area contributed by atoms with Gasteiger partial charge >= 0.3 is 0 Å². The van der Waals surface area contributed by atoms with E-state index in [-0.39, 0.29) is 5.78 Å². The van der Waals surface area contributed by atoms with Crippen LogP contribution in [0.1, 0.15) is 29.1 Å². The first-order chi connectivity index (χ1) is 7.15. The molecular formula is C10H12N2OS2. The number of nitrogens with zero attached hydrogens (tertiary/aromatic N) is 1. The fourth-order valence-electron chi connectivity index (χ4n) is 1.23. The number of nitrogens with one attached hydrogen (secondary N) is 1. The van der Waals surface area contributed by atoms with Gasteiger partial charge in [0.1, 0.15) is 11.6 Å². The summed E-state index contributed by atoms with van der Waals surface area (Å²) in [5, 5.41) is 12.0. The summed E-state index contributed by atoms with van der Waals surface area (Å²) in [6, 6.07) is 2.15. The van der Waals surface area contributed by atoms with E-state index in [4.69, 9.17) is 5.26 Å². The molecule has 0 bridgehead atoms. The number of hydrogen-bond acceptors (Lipinski definition) is 5. The lowest BCUT2D eigenvalue weighted by atomic mass is 10.2. The Balaban J connectivity index is 3.32. The molecule has 0 aliphatic heterocycles. The van der Waals surface area contributed by atoms with Crippen molar-refractivity contribution in [2.45, 2.75) is 18.1 Å². The minimum Gasteiger partial charge on any atom is -0.386 e. The Morgan fingerprint density at radius 3 is 2.73 bits per heavy atom. The molecule has 0 spiro atoms. The van der Waals surface area contributed by atoms with Crippen molar-refractivity contribution >= 4 is 34.6 Å². The molecule has 0 saturated carbocycles. The molecule has 15 heavy (non-hydrogen) atoms. The summed E-state index contributed by atoms with van der Waals surface area (Å²) in [5.74, 6) is 0.902. The predicted octanol–water partition coefficient (Wildman–Crippen LogP) is 2.98. The second-order valence-electron chi connectivity index (χ2n) is 2.82. The number of hydrogen-bond donors (Lipinski definition) is 1. The largest absolute Gasteiger partial charge is 0.386 e. The van der Waals surface area contributed by atoms with Gasteiger partial charge in [0.25, 0.3) is 0 Å². The maximum absolute atomic E-state index is 11.4. The summed E-state index contributed by atoms with van der Waals surface area (Å²) in [5.41, 5.74) is 1.27. The predicted molar refractivity (Wildman–Crippen MR) is 65.0 cm³/mol. The number of Topliss-reactive ketones (excluding diaryl/α,β-unsaturated/α-hetero) is 1. The minimum atomic E-state index is 0.00352. The molecule has 1 aromatic heterocycles. The summed E-state index contributed by atoms with van der Waals surface area (Å²) >= 11 is 2.99.